The van der Waals surface area contributed by atoms with Gasteiger partial charge in [0.15, 0.2) is 0 Å². The maximum Gasteiger partial charge on any atom is 0.410 e. The van der Waals surface area contributed by atoms with Gasteiger partial charge in [0.1, 0.15) is 25.6 Å². The maximum absolute atomic E-state index is 13.3. The highest BCUT2D eigenvalue weighted by Crippen LogP contribution is 2.33. The van der Waals surface area contributed by atoms with Gasteiger partial charge in [-0.15, -0.1) is 0 Å². The van der Waals surface area contributed by atoms with Gasteiger partial charge in [-0.2, -0.15) is 0 Å². The molecule has 1 unspecified atom stereocenters. The van der Waals surface area contributed by atoms with Crippen LogP contribution in [0.4, 0.5) is 15.3 Å². The van der Waals surface area contributed by atoms with Crippen LogP contribution in [-0.2, 0) is 38.8 Å². The predicted octanol–water partition coefficient (Wildman–Crippen LogP) is 5.73. The van der Waals surface area contributed by atoms with E-state index in [-0.39, 0.29) is 31.3 Å². The molecule has 0 N–H and O–H groups in total. The zero-order valence-electron chi connectivity index (χ0n) is 27.0. The van der Waals surface area contributed by atoms with Crippen LogP contribution in [0.5, 0.6) is 5.75 Å². The molecule has 10 heteroatoms. The van der Waals surface area contributed by atoms with E-state index in [0.717, 1.165) is 47.6 Å². The second-order valence-corrected chi connectivity index (χ2v) is 11.9. The number of likely N-dealkylation sites (N-methyl/N-ethyl adjacent to an activating group) is 1. The average Bonchev–Trinajstić information content (AvgIpc) is 3.09. The van der Waals surface area contributed by atoms with Crippen molar-refractivity contribution in [3.8, 4) is 5.75 Å². The van der Waals surface area contributed by atoms with Crippen LogP contribution in [-0.4, -0.2) is 87.7 Å². The monoisotopic (exact) mass is 631 g/mol. The molecule has 2 heterocycles. The quantitative estimate of drug-likeness (QED) is 0.234. The summed E-state index contributed by atoms with van der Waals surface area (Å²) < 4.78 is 29.0. The van der Waals surface area contributed by atoms with Crippen LogP contribution >= 0.6 is 0 Å². The summed E-state index contributed by atoms with van der Waals surface area (Å²) in [6, 6.07) is 24.9. The Labute approximate surface area is 271 Å². The van der Waals surface area contributed by atoms with Gasteiger partial charge in [0.25, 0.3) is 0 Å². The highest BCUT2D eigenvalue weighted by molar-refractivity contribution is 5.70. The SMILES string of the molecule is COCCCN1CCOc2ccc(CO[C@H]3CN(C(=O)OCc4ccccc4)C[C@@H](N(C)C(=O)OCc4ccccc4)C3C)cc21. The fraction of sp³-hybridized carbons (Fsp3) is 0.444. The minimum absolute atomic E-state index is 0.0843. The van der Waals surface area contributed by atoms with Crippen molar-refractivity contribution in [3.63, 3.8) is 0 Å². The summed E-state index contributed by atoms with van der Waals surface area (Å²) in [5.41, 5.74) is 3.86. The van der Waals surface area contributed by atoms with E-state index in [9.17, 15) is 9.59 Å². The summed E-state index contributed by atoms with van der Waals surface area (Å²) in [6.45, 7) is 6.42. The molecule has 2 amide bonds. The number of piperidine rings is 1. The van der Waals surface area contributed by atoms with Crippen LogP contribution in [0.25, 0.3) is 0 Å². The Morgan fingerprint density at radius 3 is 2.28 bits per heavy atom. The second kappa shape index (κ2) is 16.3. The largest absolute Gasteiger partial charge is 0.490 e. The number of anilines is 1. The Bertz CT molecular complexity index is 1410. The highest BCUT2D eigenvalue weighted by Gasteiger charge is 2.41. The Morgan fingerprint density at radius 1 is 0.891 bits per heavy atom. The van der Waals surface area contributed by atoms with Gasteiger partial charge in [0, 0.05) is 39.8 Å². The van der Waals surface area contributed by atoms with Crippen molar-refractivity contribution in [1.82, 2.24) is 9.80 Å². The number of benzene rings is 3. The molecule has 1 fully saturated rings. The van der Waals surface area contributed by atoms with E-state index in [1.807, 2.05) is 72.8 Å². The van der Waals surface area contributed by atoms with Gasteiger partial charge in [-0.1, -0.05) is 73.7 Å². The van der Waals surface area contributed by atoms with Gasteiger partial charge >= 0.3 is 12.2 Å². The first-order valence-corrected chi connectivity index (χ1v) is 15.9. The molecule has 0 aromatic heterocycles. The number of amides is 2. The smallest absolute Gasteiger partial charge is 0.410 e. The number of methoxy groups -OCH3 is 1. The number of ether oxygens (including phenoxy) is 5. The molecule has 0 aliphatic carbocycles. The lowest BCUT2D eigenvalue weighted by Crippen LogP contribution is -2.59. The summed E-state index contributed by atoms with van der Waals surface area (Å²) in [4.78, 5) is 32.1. The predicted molar refractivity (Wildman–Crippen MR) is 175 cm³/mol. The van der Waals surface area contributed by atoms with E-state index in [0.29, 0.717) is 32.9 Å². The maximum atomic E-state index is 13.3. The van der Waals surface area contributed by atoms with Crippen molar-refractivity contribution in [3.05, 3.63) is 95.6 Å². The summed E-state index contributed by atoms with van der Waals surface area (Å²) in [5, 5.41) is 0. The standard InChI is InChI=1S/C36H45N3O7/c1-27-32(37(2)35(40)45-24-28-11-6-4-7-12-28)22-39(36(41)46-25-29-13-8-5-9-14-29)23-34(27)44-26-30-15-16-33-31(21-30)38(18-20-43-33)17-10-19-42-3/h4-9,11-16,21,27,32,34H,10,17-20,22-26H2,1-3H3/t27?,32-,34+/m1/s1. The summed E-state index contributed by atoms with van der Waals surface area (Å²) in [5.74, 6) is 0.778. The van der Waals surface area contributed by atoms with Crippen molar-refractivity contribution < 1.29 is 33.3 Å². The number of fused-ring (bicyclic) bond motifs is 1. The van der Waals surface area contributed by atoms with E-state index in [1.54, 1.807) is 24.0 Å². The highest BCUT2D eigenvalue weighted by atomic mass is 16.6. The second-order valence-electron chi connectivity index (χ2n) is 11.9. The molecule has 0 radical (unpaired) electrons. The molecule has 2 aliphatic heterocycles. The van der Waals surface area contributed by atoms with Crippen molar-refractivity contribution in [2.75, 3.05) is 58.5 Å². The lowest BCUT2D eigenvalue weighted by Gasteiger charge is -2.44. The minimum Gasteiger partial charge on any atom is -0.490 e. The number of rotatable bonds is 12. The molecule has 10 nitrogen and oxygen atoms in total. The fourth-order valence-corrected chi connectivity index (χ4v) is 5.94. The summed E-state index contributed by atoms with van der Waals surface area (Å²) in [6.07, 6.45) is -0.326. The number of hydrogen-bond acceptors (Lipinski definition) is 8. The van der Waals surface area contributed by atoms with Gasteiger partial charge in [0.2, 0.25) is 0 Å². The van der Waals surface area contributed by atoms with E-state index in [2.05, 4.69) is 17.9 Å². The third kappa shape index (κ3) is 8.70. The number of carbonyl (C=O) groups excluding carboxylic acids is 2. The van der Waals surface area contributed by atoms with E-state index in [1.165, 1.54) is 0 Å². The molecule has 1 saturated heterocycles. The Kier molecular flexibility index (Phi) is 11.7. The van der Waals surface area contributed by atoms with Crippen molar-refractivity contribution >= 4 is 17.9 Å². The van der Waals surface area contributed by atoms with E-state index in [4.69, 9.17) is 23.7 Å². The van der Waals surface area contributed by atoms with E-state index >= 15 is 0 Å². The topological polar surface area (TPSA) is 90.0 Å². The molecule has 0 spiro atoms. The van der Waals surface area contributed by atoms with Gasteiger partial charge in [-0.05, 0) is 35.2 Å². The number of nitrogens with zero attached hydrogens (tertiary/aromatic N) is 3. The van der Waals surface area contributed by atoms with Gasteiger partial charge in [0.05, 0.1) is 37.5 Å². The molecule has 46 heavy (non-hydrogen) atoms. The number of carbonyl (C=O) groups is 2. The van der Waals surface area contributed by atoms with Gasteiger partial charge in [-0.3, -0.25) is 0 Å². The zero-order chi connectivity index (χ0) is 32.3. The van der Waals surface area contributed by atoms with Crippen LogP contribution in [0, 0.1) is 5.92 Å². The Balaban J connectivity index is 1.27. The van der Waals surface area contributed by atoms with Crippen molar-refractivity contribution in [2.45, 2.75) is 45.3 Å². The molecule has 246 valence electrons. The first-order valence-electron chi connectivity index (χ1n) is 15.9. The fourth-order valence-electron chi connectivity index (χ4n) is 5.94. The number of hydrogen-bond donors (Lipinski definition) is 0. The third-order valence-electron chi connectivity index (χ3n) is 8.68. The zero-order valence-corrected chi connectivity index (χ0v) is 27.0. The molecule has 2 aliphatic rings. The lowest BCUT2D eigenvalue weighted by molar-refractivity contribution is -0.0690. The molecular weight excluding hydrogens is 586 g/mol. The van der Waals surface area contributed by atoms with Crippen LogP contribution in [0.1, 0.15) is 30.0 Å². The van der Waals surface area contributed by atoms with Crippen molar-refractivity contribution in [1.29, 1.82) is 0 Å². The average molecular weight is 632 g/mol. The van der Waals surface area contributed by atoms with Crippen LogP contribution in [0.15, 0.2) is 78.9 Å². The van der Waals surface area contributed by atoms with Gasteiger partial charge < -0.3 is 38.4 Å². The molecule has 3 aromatic rings. The molecule has 3 aromatic carbocycles. The minimum atomic E-state index is -0.456. The molecule has 0 bridgehead atoms. The lowest BCUT2D eigenvalue weighted by atomic mass is 9.90. The first kappa shape index (κ1) is 33.1. The Hall–Kier alpha value is -4.28. The van der Waals surface area contributed by atoms with E-state index < -0.39 is 12.2 Å². The summed E-state index contributed by atoms with van der Waals surface area (Å²) >= 11 is 0. The van der Waals surface area contributed by atoms with Crippen LogP contribution in [0.3, 0.4) is 0 Å². The third-order valence-corrected chi connectivity index (χ3v) is 8.68. The summed E-state index contributed by atoms with van der Waals surface area (Å²) in [7, 11) is 3.43. The van der Waals surface area contributed by atoms with Crippen molar-refractivity contribution in [2.24, 2.45) is 5.92 Å². The molecular formula is C36H45N3O7. The van der Waals surface area contributed by atoms with Crippen LogP contribution < -0.4 is 9.64 Å². The molecule has 3 atom stereocenters. The normalized spacial score (nSPS) is 19.2. The van der Waals surface area contributed by atoms with Crippen LogP contribution in [0.2, 0.25) is 0 Å². The first-order chi connectivity index (χ1) is 22.4. The molecule has 0 saturated carbocycles. The number of likely N-dealkylation sites (tertiary alicyclic amines) is 1. The molecule has 5 rings (SSSR count). The Morgan fingerprint density at radius 2 is 1.59 bits per heavy atom. The van der Waals surface area contributed by atoms with Gasteiger partial charge in [-0.25, -0.2) is 9.59 Å².